The van der Waals surface area contributed by atoms with Crippen LogP contribution in [0.25, 0.3) is 0 Å². The van der Waals surface area contributed by atoms with Crippen LogP contribution in [0, 0.1) is 0 Å². The number of halogens is 2. The second kappa shape index (κ2) is 7.86. The number of nitrogens with zero attached hydrogens (tertiary/aromatic N) is 4. The summed E-state index contributed by atoms with van der Waals surface area (Å²) in [5.74, 6) is 0. The first-order valence-electron chi connectivity index (χ1n) is 7.48. The first-order valence-corrected chi connectivity index (χ1v) is 8.65. The maximum absolute atomic E-state index is 6.19. The van der Waals surface area contributed by atoms with Crippen molar-refractivity contribution in [3.63, 3.8) is 0 Å². The zero-order chi connectivity index (χ0) is 17.8. The first kappa shape index (κ1) is 17.7. The Kier molecular flexibility index (Phi) is 5.57. The topological polar surface area (TPSA) is 59.7 Å². The van der Waals surface area contributed by atoms with Crippen molar-refractivity contribution in [2.45, 2.75) is 13.1 Å². The molecule has 0 aliphatic rings. The minimum absolute atomic E-state index is 0.521. The summed E-state index contributed by atoms with van der Waals surface area (Å²) in [4.78, 5) is 0. The van der Waals surface area contributed by atoms with Crippen LogP contribution in [0.2, 0.25) is 10.0 Å². The maximum Gasteiger partial charge on any atom is 0.171 e. The third-order valence-electron chi connectivity index (χ3n) is 3.45. The predicted molar refractivity (Wildman–Crippen MR) is 104 cm³/mol. The molecule has 0 aliphatic carbocycles. The normalized spacial score (nSPS) is 10.7. The molecule has 0 unspecified atom stereocenters. The molecule has 0 atom stereocenters. The fourth-order valence-electron chi connectivity index (χ4n) is 2.26. The number of anilines is 1. The van der Waals surface area contributed by atoms with Gasteiger partial charge in [0.25, 0.3) is 0 Å². The number of aryl methyl sites for hydroxylation is 1. The van der Waals surface area contributed by atoms with Crippen LogP contribution in [0.3, 0.4) is 0 Å². The van der Waals surface area contributed by atoms with Gasteiger partial charge in [-0.2, -0.15) is 10.2 Å². The van der Waals surface area contributed by atoms with E-state index in [4.69, 9.17) is 35.4 Å². The van der Waals surface area contributed by atoms with Crippen molar-refractivity contribution in [1.29, 1.82) is 0 Å². The zero-order valence-corrected chi connectivity index (χ0v) is 15.7. The molecule has 9 heteroatoms. The summed E-state index contributed by atoms with van der Waals surface area (Å²) in [7, 11) is 1.88. The molecule has 3 rings (SSSR count). The number of benzene rings is 1. The van der Waals surface area contributed by atoms with Gasteiger partial charge in [-0.15, -0.1) is 0 Å². The van der Waals surface area contributed by atoms with Crippen molar-refractivity contribution in [3.8, 4) is 0 Å². The average Bonchev–Trinajstić information content (AvgIpc) is 3.17. The fourth-order valence-corrected chi connectivity index (χ4v) is 2.92. The summed E-state index contributed by atoms with van der Waals surface area (Å²) in [6, 6.07) is 5.42. The Hall–Kier alpha value is -2.09. The third kappa shape index (κ3) is 4.94. The Bertz CT molecular complexity index is 888. The van der Waals surface area contributed by atoms with Gasteiger partial charge in [-0.1, -0.05) is 29.3 Å². The molecule has 0 radical (unpaired) electrons. The Morgan fingerprint density at radius 3 is 2.76 bits per heavy atom. The molecule has 130 valence electrons. The van der Waals surface area contributed by atoms with Gasteiger partial charge in [-0.05, 0) is 29.9 Å². The zero-order valence-electron chi connectivity index (χ0n) is 13.4. The highest BCUT2D eigenvalue weighted by molar-refractivity contribution is 7.80. The number of hydrogen-bond acceptors (Lipinski definition) is 3. The number of nitrogens with one attached hydrogen (secondary N) is 2. The molecule has 1 aromatic carbocycles. The molecular formula is C16H16Cl2N6S. The number of rotatable bonds is 5. The van der Waals surface area contributed by atoms with Crippen LogP contribution >= 0.6 is 35.4 Å². The predicted octanol–water partition coefficient (Wildman–Crippen LogP) is 3.46. The highest BCUT2D eigenvalue weighted by Gasteiger charge is 2.06. The summed E-state index contributed by atoms with van der Waals surface area (Å²) < 4.78 is 3.53. The fraction of sp³-hybridized carbons (Fsp3) is 0.188. The lowest BCUT2D eigenvalue weighted by atomic mass is 10.2. The van der Waals surface area contributed by atoms with E-state index in [2.05, 4.69) is 20.8 Å². The lowest BCUT2D eigenvalue weighted by Crippen LogP contribution is -2.27. The van der Waals surface area contributed by atoms with Crippen LogP contribution in [0.15, 0.2) is 43.0 Å². The highest BCUT2D eigenvalue weighted by atomic mass is 35.5. The molecule has 6 nitrogen and oxygen atoms in total. The number of aromatic nitrogens is 4. The molecule has 0 spiro atoms. The van der Waals surface area contributed by atoms with Gasteiger partial charge in [0.15, 0.2) is 5.11 Å². The standard InChI is InChI=1S/C16H16Cl2N6S/c1-23-8-11(6-20-23)5-19-16(25)22-14-7-21-24(10-14)9-12-2-3-13(17)4-15(12)18/h2-4,6-8,10H,5,9H2,1H3,(H2,19,22,25). The summed E-state index contributed by atoms with van der Waals surface area (Å²) in [6.45, 7) is 1.15. The van der Waals surface area contributed by atoms with Crippen molar-refractivity contribution >= 4 is 46.2 Å². The molecule has 0 fully saturated rings. The average molecular weight is 395 g/mol. The molecule has 2 aromatic heterocycles. The van der Waals surface area contributed by atoms with Crippen LogP contribution in [-0.4, -0.2) is 24.7 Å². The van der Waals surface area contributed by atoms with Crippen LogP contribution < -0.4 is 10.6 Å². The van der Waals surface area contributed by atoms with Gasteiger partial charge in [0.1, 0.15) is 0 Å². The third-order valence-corrected chi connectivity index (χ3v) is 4.28. The minimum Gasteiger partial charge on any atom is -0.358 e. The summed E-state index contributed by atoms with van der Waals surface area (Å²) in [5.41, 5.74) is 2.80. The van der Waals surface area contributed by atoms with Crippen molar-refractivity contribution in [3.05, 3.63) is 64.2 Å². The van der Waals surface area contributed by atoms with E-state index in [9.17, 15) is 0 Å². The van der Waals surface area contributed by atoms with E-state index in [1.807, 2.05) is 31.6 Å². The van der Waals surface area contributed by atoms with E-state index in [0.717, 1.165) is 16.8 Å². The highest BCUT2D eigenvalue weighted by Crippen LogP contribution is 2.22. The lowest BCUT2D eigenvalue weighted by molar-refractivity contribution is 0.687. The van der Waals surface area contributed by atoms with Crippen LogP contribution in [0.4, 0.5) is 5.69 Å². The van der Waals surface area contributed by atoms with E-state index in [1.54, 1.807) is 27.8 Å². The van der Waals surface area contributed by atoms with Crippen molar-refractivity contribution < 1.29 is 0 Å². The molecule has 0 bridgehead atoms. The molecule has 25 heavy (non-hydrogen) atoms. The van der Waals surface area contributed by atoms with Gasteiger partial charge in [0.2, 0.25) is 0 Å². The van der Waals surface area contributed by atoms with Crippen LogP contribution in [0.5, 0.6) is 0 Å². The van der Waals surface area contributed by atoms with Gasteiger partial charge in [-0.25, -0.2) is 0 Å². The number of hydrogen-bond donors (Lipinski definition) is 2. The van der Waals surface area contributed by atoms with Crippen molar-refractivity contribution in [1.82, 2.24) is 24.9 Å². The van der Waals surface area contributed by atoms with Gasteiger partial charge < -0.3 is 10.6 Å². The molecule has 3 aromatic rings. The molecule has 2 heterocycles. The van der Waals surface area contributed by atoms with Gasteiger partial charge in [0.05, 0.1) is 24.6 Å². The summed E-state index contributed by atoms with van der Waals surface area (Å²) in [6.07, 6.45) is 7.30. The van der Waals surface area contributed by atoms with Crippen LogP contribution in [-0.2, 0) is 20.1 Å². The van der Waals surface area contributed by atoms with Gasteiger partial charge in [-0.3, -0.25) is 9.36 Å². The van der Waals surface area contributed by atoms with E-state index >= 15 is 0 Å². The van der Waals surface area contributed by atoms with E-state index in [0.29, 0.717) is 28.2 Å². The summed E-state index contributed by atoms with van der Waals surface area (Å²) >= 11 is 17.4. The van der Waals surface area contributed by atoms with E-state index in [-0.39, 0.29) is 0 Å². The quantitative estimate of drug-likeness (QED) is 0.648. The van der Waals surface area contributed by atoms with Crippen LogP contribution in [0.1, 0.15) is 11.1 Å². The lowest BCUT2D eigenvalue weighted by Gasteiger charge is -2.07. The van der Waals surface area contributed by atoms with Gasteiger partial charge in [0, 0.05) is 41.6 Å². The number of thiocarbonyl (C=S) groups is 1. The van der Waals surface area contributed by atoms with Gasteiger partial charge >= 0.3 is 0 Å². The van der Waals surface area contributed by atoms with Crippen molar-refractivity contribution in [2.75, 3.05) is 5.32 Å². The largest absolute Gasteiger partial charge is 0.358 e. The molecule has 0 saturated heterocycles. The Morgan fingerprint density at radius 1 is 1.20 bits per heavy atom. The Balaban J connectivity index is 1.55. The summed E-state index contributed by atoms with van der Waals surface area (Å²) in [5, 5.41) is 16.4. The molecule has 0 aliphatic heterocycles. The first-order chi connectivity index (χ1) is 12.0. The maximum atomic E-state index is 6.19. The second-order valence-electron chi connectivity index (χ2n) is 5.49. The minimum atomic E-state index is 0.521. The molecule has 0 amide bonds. The van der Waals surface area contributed by atoms with Crippen molar-refractivity contribution in [2.24, 2.45) is 7.05 Å². The monoisotopic (exact) mass is 394 g/mol. The molecule has 0 saturated carbocycles. The SMILES string of the molecule is Cn1cc(CNC(=S)Nc2cnn(Cc3ccc(Cl)cc3Cl)c2)cn1. The van der Waals surface area contributed by atoms with E-state index < -0.39 is 0 Å². The smallest absolute Gasteiger partial charge is 0.171 e. The molecular weight excluding hydrogens is 379 g/mol. The van der Waals surface area contributed by atoms with E-state index in [1.165, 1.54) is 0 Å². The Morgan fingerprint density at radius 2 is 2.04 bits per heavy atom. The second-order valence-corrected chi connectivity index (χ2v) is 6.74. The molecule has 2 N–H and O–H groups in total. The Labute approximate surface area is 160 Å².